The molecule has 3 fully saturated rings. The van der Waals surface area contributed by atoms with Crippen LogP contribution < -0.4 is 0 Å². The first-order valence-corrected chi connectivity index (χ1v) is 11.5. The number of hydrogen-bond donors (Lipinski definition) is 3. The van der Waals surface area contributed by atoms with Crippen molar-refractivity contribution in [3.8, 4) is 0 Å². The maximum Gasteiger partial charge on any atom is 0.0724 e. The van der Waals surface area contributed by atoms with Gasteiger partial charge in [-0.2, -0.15) is 0 Å². The van der Waals surface area contributed by atoms with E-state index in [2.05, 4.69) is 33.8 Å². The molecule has 0 aliphatic heterocycles. The lowest BCUT2D eigenvalue weighted by atomic mass is 9.44. The van der Waals surface area contributed by atoms with Crippen molar-refractivity contribution >= 4 is 0 Å². The van der Waals surface area contributed by atoms with Crippen LogP contribution in [-0.4, -0.2) is 33.6 Å². The van der Waals surface area contributed by atoms with Crippen LogP contribution in [0.4, 0.5) is 0 Å². The second-order valence-corrected chi connectivity index (χ2v) is 10.9. The highest BCUT2D eigenvalue weighted by Crippen LogP contribution is 2.67. The predicted molar refractivity (Wildman–Crippen MR) is 108 cm³/mol. The lowest BCUT2D eigenvalue weighted by Gasteiger charge is -2.62. The number of rotatable bonds is 3. The van der Waals surface area contributed by atoms with Crippen LogP contribution in [0.2, 0.25) is 0 Å². The van der Waals surface area contributed by atoms with Crippen LogP contribution in [0.3, 0.4) is 0 Å². The largest absolute Gasteiger partial charge is 0.393 e. The Labute approximate surface area is 165 Å². The van der Waals surface area contributed by atoms with Gasteiger partial charge in [-0.15, -0.1) is 0 Å². The minimum atomic E-state index is -0.378. The van der Waals surface area contributed by atoms with E-state index in [9.17, 15) is 15.3 Å². The van der Waals surface area contributed by atoms with E-state index in [4.69, 9.17) is 0 Å². The van der Waals surface area contributed by atoms with E-state index in [1.807, 2.05) is 6.08 Å². The molecule has 0 aromatic carbocycles. The van der Waals surface area contributed by atoms with Gasteiger partial charge in [0.15, 0.2) is 0 Å². The van der Waals surface area contributed by atoms with Gasteiger partial charge in [-0.3, -0.25) is 0 Å². The summed E-state index contributed by atoms with van der Waals surface area (Å²) in [6, 6.07) is 0. The fraction of sp³-hybridized carbons (Fsp3) is 0.917. The molecule has 4 aliphatic carbocycles. The van der Waals surface area contributed by atoms with Crippen LogP contribution in [-0.2, 0) is 0 Å². The number of aliphatic hydroxyl groups excluding tert-OH is 3. The first-order valence-electron chi connectivity index (χ1n) is 11.5. The maximum atomic E-state index is 11.5. The Bertz CT molecular complexity index is 588. The third-order valence-corrected chi connectivity index (χ3v) is 9.79. The molecule has 0 saturated heterocycles. The van der Waals surface area contributed by atoms with Gasteiger partial charge in [0.25, 0.3) is 0 Å². The minimum Gasteiger partial charge on any atom is -0.393 e. The number of hydrogen-bond acceptors (Lipinski definition) is 3. The molecule has 3 nitrogen and oxygen atoms in total. The summed E-state index contributed by atoms with van der Waals surface area (Å²) in [5, 5.41) is 32.8. The number of fused-ring (bicyclic) bond motifs is 5. The summed E-state index contributed by atoms with van der Waals surface area (Å²) in [7, 11) is 0. The molecule has 0 aromatic heterocycles. The Kier molecular flexibility index (Phi) is 5.05. The van der Waals surface area contributed by atoms with Crippen LogP contribution in [0.25, 0.3) is 0 Å². The van der Waals surface area contributed by atoms with E-state index in [1.54, 1.807) is 0 Å². The van der Waals surface area contributed by atoms with E-state index in [0.717, 1.165) is 25.7 Å². The topological polar surface area (TPSA) is 60.7 Å². The van der Waals surface area contributed by atoms with E-state index < -0.39 is 0 Å². The summed E-state index contributed by atoms with van der Waals surface area (Å²) >= 11 is 0. The second kappa shape index (κ2) is 6.85. The fourth-order valence-electron chi connectivity index (χ4n) is 8.35. The Balaban J connectivity index is 1.69. The van der Waals surface area contributed by atoms with Gasteiger partial charge in [-0.05, 0) is 78.4 Å². The molecule has 3 heteroatoms. The third kappa shape index (κ3) is 2.79. The van der Waals surface area contributed by atoms with Crippen molar-refractivity contribution in [1.82, 2.24) is 0 Å². The number of aliphatic hydroxyl groups is 3. The summed E-state index contributed by atoms with van der Waals surface area (Å²) in [6.45, 7) is 9.30. The Morgan fingerprint density at radius 1 is 1.04 bits per heavy atom. The summed E-state index contributed by atoms with van der Waals surface area (Å²) in [5.41, 5.74) is -0.0591. The van der Waals surface area contributed by atoms with Crippen LogP contribution in [0, 0.1) is 46.3 Å². The molecule has 0 bridgehead atoms. The van der Waals surface area contributed by atoms with Gasteiger partial charge in [-0.1, -0.05) is 52.7 Å². The van der Waals surface area contributed by atoms with Gasteiger partial charge in [0, 0.05) is 0 Å². The van der Waals surface area contributed by atoms with Crippen LogP contribution in [0.1, 0.15) is 72.6 Å². The van der Waals surface area contributed by atoms with Crippen LogP contribution in [0.15, 0.2) is 12.2 Å². The van der Waals surface area contributed by atoms with E-state index >= 15 is 0 Å². The Morgan fingerprint density at radius 2 is 1.78 bits per heavy atom. The monoisotopic (exact) mass is 376 g/mol. The van der Waals surface area contributed by atoms with E-state index in [1.165, 1.54) is 19.3 Å². The van der Waals surface area contributed by atoms with Crippen LogP contribution in [0.5, 0.6) is 0 Å². The zero-order chi connectivity index (χ0) is 19.6. The summed E-state index contributed by atoms with van der Waals surface area (Å²) in [4.78, 5) is 0. The van der Waals surface area contributed by atoms with Gasteiger partial charge in [0.05, 0.1) is 18.3 Å². The quantitative estimate of drug-likeness (QED) is 0.648. The second-order valence-electron chi connectivity index (χ2n) is 10.9. The molecule has 0 aromatic rings. The highest BCUT2D eigenvalue weighted by molar-refractivity contribution is 5.20. The lowest BCUT2D eigenvalue weighted by molar-refractivity contribution is -0.187. The lowest BCUT2D eigenvalue weighted by Crippen LogP contribution is -2.61. The molecule has 154 valence electrons. The smallest absolute Gasteiger partial charge is 0.0724 e. The zero-order valence-corrected chi connectivity index (χ0v) is 17.6. The first-order chi connectivity index (χ1) is 12.7. The number of allylic oxidation sites excluding steroid dienone is 1. The van der Waals surface area contributed by atoms with Gasteiger partial charge < -0.3 is 15.3 Å². The molecule has 4 aliphatic rings. The fourth-order valence-corrected chi connectivity index (χ4v) is 8.35. The van der Waals surface area contributed by atoms with Crippen molar-refractivity contribution in [3.05, 3.63) is 12.2 Å². The Hall–Kier alpha value is -0.380. The molecule has 3 saturated carbocycles. The highest BCUT2D eigenvalue weighted by Gasteiger charge is 2.65. The molecule has 27 heavy (non-hydrogen) atoms. The average molecular weight is 377 g/mol. The van der Waals surface area contributed by atoms with Crippen molar-refractivity contribution in [1.29, 1.82) is 0 Å². The summed E-state index contributed by atoms with van der Waals surface area (Å²) < 4.78 is 0. The summed E-state index contributed by atoms with van der Waals surface area (Å²) in [5.74, 6) is 2.57. The molecule has 0 heterocycles. The van der Waals surface area contributed by atoms with Gasteiger partial charge in [0.1, 0.15) is 0 Å². The van der Waals surface area contributed by atoms with E-state index in [0.29, 0.717) is 35.5 Å². The minimum absolute atomic E-state index is 0.00143. The average Bonchev–Trinajstić information content (AvgIpc) is 2.96. The van der Waals surface area contributed by atoms with Gasteiger partial charge in [0.2, 0.25) is 0 Å². The van der Waals surface area contributed by atoms with Crippen molar-refractivity contribution in [2.75, 3.05) is 0 Å². The maximum absolute atomic E-state index is 11.5. The molecular formula is C24H40O3. The molecule has 0 amide bonds. The molecular weight excluding hydrogens is 336 g/mol. The summed E-state index contributed by atoms with van der Waals surface area (Å²) in [6.07, 6.45) is 10.4. The van der Waals surface area contributed by atoms with E-state index in [-0.39, 0.29) is 29.1 Å². The van der Waals surface area contributed by atoms with Gasteiger partial charge in [-0.25, -0.2) is 0 Å². The van der Waals surface area contributed by atoms with Crippen molar-refractivity contribution in [2.45, 2.75) is 91.0 Å². The SMILES string of the molecule is CCC[C@@H](C)[C@H]1CC[C@H]2[C@@H]3[C@H](O)C[C@@H]4C[C@H](O)C=C[C@]4(C)[C@H]3C[C@H](O)[C@]12C. The molecule has 4 rings (SSSR count). The zero-order valence-electron chi connectivity index (χ0n) is 17.6. The van der Waals surface area contributed by atoms with Gasteiger partial charge >= 0.3 is 0 Å². The molecule has 11 atom stereocenters. The standard InChI is InChI=1S/C24H40O3/c1-5-6-14(2)17-7-8-18-22-19(13-21(27)24(17,18)4)23(3)10-9-16(25)11-15(23)12-20(22)26/h9-10,14-22,25-27H,5-8,11-13H2,1-4H3/t14-,15+,16-,17-,18+,19+,20-,21+,22+,23+,24-/m1/s1. The highest BCUT2D eigenvalue weighted by atomic mass is 16.3. The molecule has 0 radical (unpaired) electrons. The molecule has 0 spiro atoms. The molecule has 3 N–H and O–H groups in total. The molecule has 0 unspecified atom stereocenters. The first kappa shape index (κ1) is 19.9. The normalized spacial score (nSPS) is 55.5. The third-order valence-electron chi connectivity index (χ3n) is 9.79. The van der Waals surface area contributed by atoms with Crippen molar-refractivity contribution < 1.29 is 15.3 Å². The van der Waals surface area contributed by atoms with Crippen molar-refractivity contribution in [3.63, 3.8) is 0 Å². The van der Waals surface area contributed by atoms with Crippen LogP contribution >= 0.6 is 0 Å². The Morgan fingerprint density at radius 3 is 2.48 bits per heavy atom. The van der Waals surface area contributed by atoms with Crippen molar-refractivity contribution in [2.24, 2.45) is 46.3 Å². The predicted octanol–water partition coefficient (Wildman–Crippen LogP) is 4.16.